The standard InChI is InChI=1S/C23H21N3OS/c1-2-16-5-7-17(8-6-16)9-14-21(27)25-19-12-10-18(11-13-19)22-26-20-4-3-15-24-23(20)28-22/h3-8,10-13,15H,2,9,14H2,1H3,(H,25,27). The zero-order valence-electron chi connectivity index (χ0n) is 15.7. The van der Waals surface area contributed by atoms with Crippen molar-refractivity contribution in [1.82, 2.24) is 9.97 Å². The zero-order chi connectivity index (χ0) is 19.3. The largest absolute Gasteiger partial charge is 0.326 e. The Morgan fingerprint density at radius 3 is 2.46 bits per heavy atom. The molecular weight excluding hydrogens is 366 g/mol. The lowest BCUT2D eigenvalue weighted by atomic mass is 10.1. The maximum absolute atomic E-state index is 12.3. The topological polar surface area (TPSA) is 54.9 Å². The van der Waals surface area contributed by atoms with Gasteiger partial charge in [0.25, 0.3) is 0 Å². The smallest absolute Gasteiger partial charge is 0.224 e. The van der Waals surface area contributed by atoms with Gasteiger partial charge in [-0.25, -0.2) is 9.97 Å². The predicted molar refractivity (Wildman–Crippen MR) is 116 cm³/mol. The van der Waals surface area contributed by atoms with Gasteiger partial charge < -0.3 is 5.32 Å². The van der Waals surface area contributed by atoms with Crippen LogP contribution in [0.4, 0.5) is 5.69 Å². The third-order valence-electron chi connectivity index (χ3n) is 4.65. The van der Waals surface area contributed by atoms with Crippen molar-refractivity contribution in [3.8, 4) is 10.6 Å². The maximum Gasteiger partial charge on any atom is 0.224 e. The third-order valence-corrected chi connectivity index (χ3v) is 5.68. The number of nitrogens with one attached hydrogen (secondary N) is 1. The second-order valence-corrected chi connectivity index (χ2v) is 7.62. The van der Waals surface area contributed by atoms with E-state index in [1.54, 1.807) is 17.5 Å². The summed E-state index contributed by atoms with van der Waals surface area (Å²) >= 11 is 1.57. The minimum atomic E-state index is 0.0245. The summed E-state index contributed by atoms with van der Waals surface area (Å²) in [6.45, 7) is 2.14. The van der Waals surface area contributed by atoms with Crippen molar-refractivity contribution >= 4 is 33.3 Å². The molecule has 2 aromatic heterocycles. The van der Waals surface area contributed by atoms with Gasteiger partial charge in [-0.05, 0) is 60.4 Å². The minimum absolute atomic E-state index is 0.0245. The molecule has 2 heterocycles. The Morgan fingerprint density at radius 2 is 1.75 bits per heavy atom. The van der Waals surface area contributed by atoms with Crippen molar-refractivity contribution in [2.75, 3.05) is 5.32 Å². The molecule has 140 valence electrons. The number of thiazole rings is 1. The summed E-state index contributed by atoms with van der Waals surface area (Å²) in [7, 11) is 0. The molecule has 0 radical (unpaired) electrons. The number of anilines is 1. The first-order valence-corrected chi connectivity index (χ1v) is 10.2. The predicted octanol–water partition coefficient (Wildman–Crippen LogP) is 5.49. The van der Waals surface area contributed by atoms with Gasteiger partial charge in [-0.1, -0.05) is 42.5 Å². The number of amides is 1. The molecule has 0 unspecified atom stereocenters. The minimum Gasteiger partial charge on any atom is -0.326 e. The molecule has 1 N–H and O–H groups in total. The third kappa shape index (κ3) is 4.26. The Hall–Kier alpha value is -3.05. The van der Waals surface area contributed by atoms with Gasteiger partial charge in [0, 0.05) is 23.9 Å². The zero-order valence-corrected chi connectivity index (χ0v) is 16.5. The second kappa shape index (κ2) is 8.31. The molecule has 0 saturated carbocycles. The van der Waals surface area contributed by atoms with Crippen LogP contribution in [0.1, 0.15) is 24.5 Å². The maximum atomic E-state index is 12.3. The molecule has 0 fully saturated rings. The first kappa shape index (κ1) is 18.3. The van der Waals surface area contributed by atoms with Crippen molar-refractivity contribution in [2.45, 2.75) is 26.2 Å². The number of hydrogen-bond acceptors (Lipinski definition) is 4. The number of rotatable bonds is 6. The Balaban J connectivity index is 1.36. The van der Waals surface area contributed by atoms with E-state index < -0.39 is 0 Å². The van der Waals surface area contributed by atoms with E-state index in [9.17, 15) is 4.79 Å². The van der Waals surface area contributed by atoms with Crippen LogP contribution in [0.25, 0.3) is 20.9 Å². The summed E-state index contributed by atoms with van der Waals surface area (Å²) in [5.41, 5.74) is 5.24. The lowest BCUT2D eigenvalue weighted by Crippen LogP contribution is -2.12. The Labute approximate surface area is 168 Å². The molecule has 0 bridgehead atoms. The van der Waals surface area contributed by atoms with E-state index in [4.69, 9.17) is 0 Å². The summed E-state index contributed by atoms with van der Waals surface area (Å²) in [5, 5.41) is 3.90. The van der Waals surface area contributed by atoms with Crippen molar-refractivity contribution in [2.24, 2.45) is 0 Å². The van der Waals surface area contributed by atoms with E-state index >= 15 is 0 Å². The summed E-state index contributed by atoms with van der Waals surface area (Å²) in [5.74, 6) is 0.0245. The highest BCUT2D eigenvalue weighted by molar-refractivity contribution is 7.21. The van der Waals surface area contributed by atoms with Crippen LogP contribution in [0.15, 0.2) is 66.9 Å². The summed E-state index contributed by atoms with van der Waals surface area (Å²) in [6, 6.07) is 20.1. The normalized spacial score (nSPS) is 10.9. The molecule has 0 aliphatic carbocycles. The molecule has 2 aromatic carbocycles. The Morgan fingerprint density at radius 1 is 1.00 bits per heavy atom. The van der Waals surface area contributed by atoms with Crippen LogP contribution in [-0.2, 0) is 17.6 Å². The van der Waals surface area contributed by atoms with Crippen LogP contribution in [-0.4, -0.2) is 15.9 Å². The van der Waals surface area contributed by atoms with Crippen molar-refractivity contribution in [1.29, 1.82) is 0 Å². The molecule has 4 rings (SSSR count). The van der Waals surface area contributed by atoms with Crippen molar-refractivity contribution in [3.05, 3.63) is 78.0 Å². The number of aryl methyl sites for hydroxylation is 2. The van der Waals surface area contributed by atoms with E-state index in [-0.39, 0.29) is 5.91 Å². The highest BCUT2D eigenvalue weighted by atomic mass is 32.1. The fourth-order valence-corrected chi connectivity index (χ4v) is 3.93. The molecule has 1 amide bonds. The Kier molecular flexibility index (Phi) is 5.44. The summed E-state index contributed by atoms with van der Waals surface area (Å²) in [4.78, 5) is 22.1. The van der Waals surface area contributed by atoms with Gasteiger partial charge in [0.1, 0.15) is 15.4 Å². The van der Waals surface area contributed by atoms with Gasteiger partial charge in [-0.2, -0.15) is 0 Å². The van der Waals surface area contributed by atoms with E-state index in [1.807, 2.05) is 36.4 Å². The van der Waals surface area contributed by atoms with E-state index in [0.29, 0.717) is 6.42 Å². The van der Waals surface area contributed by atoms with Crippen LogP contribution in [0, 0.1) is 0 Å². The number of pyridine rings is 1. The van der Waals surface area contributed by atoms with E-state index in [1.165, 1.54) is 11.1 Å². The van der Waals surface area contributed by atoms with Gasteiger partial charge in [-0.15, -0.1) is 0 Å². The first-order valence-electron chi connectivity index (χ1n) is 9.41. The van der Waals surface area contributed by atoms with E-state index in [0.717, 1.165) is 39.4 Å². The molecule has 4 nitrogen and oxygen atoms in total. The average Bonchev–Trinajstić information content (AvgIpc) is 3.17. The first-order chi connectivity index (χ1) is 13.7. The molecule has 0 aliphatic rings. The number of benzene rings is 2. The molecule has 28 heavy (non-hydrogen) atoms. The fraction of sp³-hybridized carbons (Fsp3) is 0.174. The quantitative estimate of drug-likeness (QED) is 0.476. The van der Waals surface area contributed by atoms with Gasteiger partial charge in [0.05, 0.1) is 0 Å². The van der Waals surface area contributed by atoms with Gasteiger partial charge >= 0.3 is 0 Å². The van der Waals surface area contributed by atoms with Gasteiger partial charge in [0.15, 0.2) is 0 Å². The number of fused-ring (bicyclic) bond motifs is 1. The van der Waals surface area contributed by atoms with Crippen LogP contribution in [0.5, 0.6) is 0 Å². The fourth-order valence-electron chi connectivity index (χ4n) is 3.01. The van der Waals surface area contributed by atoms with Crippen molar-refractivity contribution in [3.63, 3.8) is 0 Å². The van der Waals surface area contributed by atoms with Gasteiger partial charge in [0.2, 0.25) is 5.91 Å². The van der Waals surface area contributed by atoms with Gasteiger partial charge in [-0.3, -0.25) is 4.79 Å². The molecule has 0 spiro atoms. The lowest BCUT2D eigenvalue weighted by Gasteiger charge is -2.06. The molecule has 0 aliphatic heterocycles. The number of aromatic nitrogens is 2. The number of hydrogen-bond donors (Lipinski definition) is 1. The van der Waals surface area contributed by atoms with Crippen LogP contribution < -0.4 is 5.32 Å². The number of carbonyl (C=O) groups excluding carboxylic acids is 1. The average molecular weight is 388 g/mol. The SMILES string of the molecule is CCc1ccc(CCC(=O)Nc2ccc(-c3nc4cccnc4s3)cc2)cc1. The highest BCUT2D eigenvalue weighted by Gasteiger charge is 2.08. The van der Waals surface area contributed by atoms with Crippen LogP contribution in [0.2, 0.25) is 0 Å². The number of nitrogens with zero attached hydrogens (tertiary/aromatic N) is 2. The molecule has 4 aromatic rings. The van der Waals surface area contributed by atoms with Crippen LogP contribution in [0.3, 0.4) is 0 Å². The van der Waals surface area contributed by atoms with Crippen molar-refractivity contribution < 1.29 is 4.79 Å². The van der Waals surface area contributed by atoms with E-state index in [2.05, 4.69) is 46.5 Å². The number of carbonyl (C=O) groups is 1. The second-order valence-electron chi connectivity index (χ2n) is 6.64. The molecule has 0 saturated heterocycles. The molecule has 5 heteroatoms. The monoisotopic (exact) mass is 387 g/mol. The lowest BCUT2D eigenvalue weighted by molar-refractivity contribution is -0.116. The van der Waals surface area contributed by atoms with Crippen LogP contribution >= 0.6 is 11.3 Å². The summed E-state index contributed by atoms with van der Waals surface area (Å²) < 4.78 is 0. The Bertz CT molecular complexity index is 1050. The summed E-state index contributed by atoms with van der Waals surface area (Å²) in [6.07, 6.45) is 4.02. The molecule has 0 atom stereocenters. The highest BCUT2D eigenvalue weighted by Crippen LogP contribution is 2.29. The molecular formula is C23H21N3OS.